The van der Waals surface area contributed by atoms with Crippen LogP contribution >= 0.6 is 0 Å². The molecule has 1 aliphatic carbocycles. The van der Waals surface area contributed by atoms with Crippen LogP contribution in [0.15, 0.2) is 0 Å². The molecule has 1 aliphatic rings. The van der Waals surface area contributed by atoms with E-state index in [9.17, 15) is 18.0 Å². The van der Waals surface area contributed by atoms with E-state index in [0.717, 1.165) is 12.8 Å². The number of carbonyl (C=O) groups excluding carboxylic acids is 1. The first kappa shape index (κ1) is 7.57. The van der Waals surface area contributed by atoms with Gasteiger partial charge in [-0.25, -0.2) is 0 Å². The van der Waals surface area contributed by atoms with E-state index in [2.05, 4.69) is 0 Å². The van der Waals surface area contributed by atoms with Gasteiger partial charge in [0.05, 0.1) is 0 Å². The van der Waals surface area contributed by atoms with E-state index < -0.39 is 12.0 Å². The summed E-state index contributed by atoms with van der Waals surface area (Å²) in [6.07, 6.45) is -3.35. The minimum atomic E-state index is -4.61. The Kier molecular flexibility index (Phi) is 1.70. The van der Waals surface area contributed by atoms with Gasteiger partial charge in [-0.1, -0.05) is 0 Å². The summed E-state index contributed by atoms with van der Waals surface area (Å²) in [5.41, 5.74) is 0. The van der Waals surface area contributed by atoms with Crippen LogP contribution in [0.1, 0.15) is 19.3 Å². The third-order valence-corrected chi connectivity index (χ3v) is 1.49. The van der Waals surface area contributed by atoms with Gasteiger partial charge in [0, 0.05) is 6.42 Å². The molecule has 0 atom stereocenters. The summed E-state index contributed by atoms with van der Waals surface area (Å²) >= 11 is 0. The highest BCUT2D eigenvalue weighted by atomic mass is 19.4. The smallest absolute Gasteiger partial charge is 0.290 e. The van der Waals surface area contributed by atoms with Gasteiger partial charge in [-0.05, 0) is 18.8 Å². The Balaban J connectivity index is 2.32. The molecule has 0 bridgehead atoms. The van der Waals surface area contributed by atoms with Gasteiger partial charge in [0.15, 0.2) is 0 Å². The maximum atomic E-state index is 11.5. The Hall–Kier alpha value is -0.540. The number of hydrogen-bond acceptors (Lipinski definition) is 1. The second-order valence-corrected chi connectivity index (χ2v) is 2.57. The highest BCUT2D eigenvalue weighted by molar-refractivity contribution is 5.84. The molecule has 0 saturated heterocycles. The van der Waals surface area contributed by atoms with Crippen LogP contribution in [0.4, 0.5) is 13.2 Å². The first-order chi connectivity index (χ1) is 4.50. The number of Topliss-reactive ketones (excluding diaryl/α,β-unsaturated/α-hetero) is 1. The van der Waals surface area contributed by atoms with Crippen LogP contribution < -0.4 is 0 Å². The van der Waals surface area contributed by atoms with Gasteiger partial charge in [-0.3, -0.25) is 4.79 Å². The normalized spacial score (nSPS) is 19.1. The molecule has 0 aromatic rings. The van der Waals surface area contributed by atoms with Crippen molar-refractivity contribution < 1.29 is 18.0 Å². The van der Waals surface area contributed by atoms with E-state index >= 15 is 0 Å². The predicted octanol–water partition coefficient (Wildman–Crippen LogP) is 1.92. The molecule has 0 radical (unpaired) electrons. The molecule has 1 saturated carbocycles. The molecule has 4 heteroatoms. The van der Waals surface area contributed by atoms with Crippen LogP contribution in [-0.4, -0.2) is 12.0 Å². The predicted molar refractivity (Wildman–Crippen MR) is 28.4 cm³/mol. The third-order valence-electron chi connectivity index (χ3n) is 1.49. The van der Waals surface area contributed by atoms with Crippen LogP contribution in [0.25, 0.3) is 0 Å². The maximum Gasteiger partial charge on any atom is 0.449 e. The zero-order chi connectivity index (χ0) is 7.78. The summed E-state index contributed by atoms with van der Waals surface area (Å²) in [6.45, 7) is 0. The Morgan fingerprint density at radius 1 is 1.40 bits per heavy atom. The van der Waals surface area contributed by atoms with Crippen molar-refractivity contribution in [1.29, 1.82) is 0 Å². The SMILES string of the molecule is O=C(CC1CC1)C(F)(F)F. The summed E-state index contributed by atoms with van der Waals surface area (Å²) in [5.74, 6) is -1.55. The lowest BCUT2D eigenvalue weighted by Gasteiger charge is -2.02. The average Bonchev–Trinajstić information content (AvgIpc) is 2.47. The second kappa shape index (κ2) is 2.25. The molecule has 58 valence electrons. The van der Waals surface area contributed by atoms with Crippen molar-refractivity contribution in [3.05, 3.63) is 0 Å². The van der Waals surface area contributed by atoms with E-state index in [0.29, 0.717) is 0 Å². The number of hydrogen-bond donors (Lipinski definition) is 0. The van der Waals surface area contributed by atoms with Crippen molar-refractivity contribution >= 4 is 5.78 Å². The lowest BCUT2D eigenvalue weighted by Crippen LogP contribution is -2.22. The lowest BCUT2D eigenvalue weighted by atomic mass is 10.2. The van der Waals surface area contributed by atoms with Crippen molar-refractivity contribution in [1.82, 2.24) is 0 Å². The molecule has 0 aliphatic heterocycles. The highest BCUT2D eigenvalue weighted by Crippen LogP contribution is 2.35. The van der Waals surface area contributed by atoms with Crippen molar-refractivity contribution in [2.45, 2.75) is 25.4 Å². The Bertz CT molecular complexity index is 146. The molecule has 0 N–H and O–H groups in total. The van der Waals surface area contributed by atoms with Gasteiger partial charge >= 0.3 is 6.18 Å². The summed E-state index contributed by atoms with van der Waals surface area (Å²) in [6, 6.07) is 0. The van der Waals surface area contributed by atoms with E-state index in [1.807, 2.05) is 0 Å². The molecule has 0 amide bonds. The fraction of sp³-hybridized carbons (Fsp3) is 0.833. The standard InChI is InChI=1S/C6H7F3O/c7-6(8,9)5(10)3-4-1-2-4/h4H,1-3H2. The third kappa shape index (κ3) is 2.01. The van der Waals surface area contributed by atoms with Crippen molar-refractivity contribution in [3.8, 4) is 0 Å². The average molecular weight is 152 g/mol. The zero-order valence-corrected chi connectivity index (χ0v) is 5.24. The molecule has 1 nitrogen and oxygen atoms in total. The number of ketones is 1. The summed E-state index contributed by atoms with van der Waals surface area (Å²) in [5, 5.41) is 0. The van der Waals surface area contributed by atoms with Gasteiger partial charge in [-0.15, -0.1) is 0 Å². The summed E-state index contributed by atoms with van der Waals surface area (Å²) < 4.78 is 34.5. The van der Waals surface area contributed by atoms with Gasteiger partial charge in [-0.2, -0.15) is 13.2 Å². The highest BCUT2D eigenvalue weighted by Gasteiger charge is 2.41. The maximum absolute atomic E-state index is 11.5. The number of halogens is 3. The molecule has 0 spiro atoms. The molecule has 10 heavy (non-hydrogen) atoms. The molecule has 0 aromatic heterocycles. The Morgan fingerprint density at radius 2 is 1.90 bits per heavy atom. The first-order valence-electron chi connectivity index (χ1n) is 3.10. The lowest BCUT2D eigenvalue weighted by molar-refractivity contribution is -0.171. The first-order valence-corrected chi connectivity index (χ1v) is 3.10. The van der Waals surface area contributed by atoms with Crippen LogP contribution in [0.5, 0.6) is 0 Å². The van der Waals surface area contributed by atoms with Crippen molar-refractivity contribution in [3.63, 3.8) is 0 Å². The van der Waals surface area contributed by atoms with Crippen LogP contribution in [0.2, 0.25) is 0 Å². The van der Waals surface area contributed by atoms with Crippen LogP contribution in [0, 0.1) is 5.92 Å². The fourth-order valence-electron chi connectivity index (χ4n) is 0.700. The van der Waals surface area contributed by atoms with Crippen LogP contribution in [-0.2, 0) is 4.79 Å². The minimum Gasteiger partial charge on any atom is -0.290 e. The largest absolute Gasteiger partial charge is 0.449 e. The van der Waals surface area contributed by atoms with Crippen molar-refractivity contribution in [2.24, 2.45) is 5.92 Å². The van der Waals surface area contributed by atoms with E-state index in [1.54, 1.807) is 0 Å². The van der Waals surface area contributed by atoms with Gasteiger partial charge in [0.1, 0.15) is 0 Å². The van der Waals surface area contributed by atoms with E-state index in [1.165, 1.54) is 0 Å². The molecular formula is C6H7F3O. The molecular weight excluding hydrogens is 145 g/mol. The Morgan fingerprint density at radius 3 is 2.20 bits per heavy atom. The molecule has 0 aromatic carbocycles. The van der Waals surface area contributed by atoms with Gasteiger partial charge in [0.25, 0.3) is 0 Å². The van der Waals surface area contributed by atoms with Crippen LogP contribution in [0.3, 0.4) is 0 Å². The van der Waals surface area contributed by atoms with Gasteiger partial charge in [0.2, 0.25) is 5.78 Å². The number of rotatable bonds is 2. The van der Waals surface area contributed by atoms with E-state index in [-0.39, 0.29) is 12.3 Å². The quantitative estimate of drug-likeness (QED) is 0.590. The Labute approximate surface area is 56.2 Å². The van der Waals surface area contributed by atoms with E-state index in [4.69, 9.17) is 0 Å². The van der Waals surface area contributed by atoms with Gasteiger partial charge < -0.3 is 0 Å². The summed E-state index contributed by atoms with van der Waals surface area (Å²) in [7, 11) is 0. The molecule has 0 unspecified atom stereocenters. The minimum absolute atomic E-state index is 0.0223. The fourth-order valence-corrected chi connectivity index (χ4v) is 0.700. The molecule has 0 heterocycles. The summed E-state index contributed by atoms with van der Waals surface area (Å²) in [4.78, 5) is 10.2. The molecule has 1 fully saturated rings. The zero-order valence-electron chi connectivity index (χ0n) is 5.24. The topological polar surface area (TPSA) is 17.1 Å². The second-order valence-electron chi connectivity index (χ2n) is 2.57. The monoisotopic (exact) mass is 152 g/mol. The van der Waals surface area contributed by atoms with Crippen molar-refractivity contribution in [2.75, 3.05) is 0 Å². The number of alkyl halides is 3. The molecule has 1 rings (SSSR count). The number of carbonyl (C=O) groups is 1.